The summed E-state index contributed by atoms with van der Waals surface area (Å²) in [4.78, 5) is 11.7. The third-order valence-electron chi connectivity index (χ3n) is 2.99. The van der Waals surface area contributed by atoms with E-state index in [-0.39, 0.29) is 4.90 Å². The fourth-order valence-corrected chi connectivity index (χ4v) is 3.73. The van der Waals surface area contributed by atoms with Gasteiger partial charge >= 0.3 is 6.09 Å². The molecule has 0 aliphatic rings. The van der Waals surface area contributed by atoms with Crippen LogP contribution in [0.2, 0.25) is 0 Å². The smallest absolute Gasteiger partial charge is 0.408 e. The highest BCUT2D eigenvalue weighted by atomic mass is 79.9. The minimum Gasteiger partial charge on any atom is -0.453 e. The summed E-state index contributed by atoms with van der Waals surface area (Å²) in [6.45, 7) is 0. The molecule has 0 saturated carbocycles. The number of nitrogens with one attached hydrogen (secondary N) is 1. The van der Waals surface area contributed by atoms with Crippen LogP contribution in [0.4, 0.5) is 4.79 Å². The van der Waals surface area contributed by atoms with Crippen molar-refractivity contribution < 1.29 is 17.9 Å². The zero-order valence-electron chi connectivity index (χ0n) is 11.7. The lowest BCUT2D eigenvalue weighted by molar-refractivity contribution is 0.169. The van der Waals surface area contributed by atoms with Gasteiger partial charge in [-0.1, -0.05) is 46.3 Å². The first-order valence-electron chi connectivity index (χ1n) is 6.34. The average Bonchev–Trinajstić information content (AvgIpc) is 2.54. The van der Waals surface area contributed by atoms with E-state index in [9.17, 15) is 13.2 Å². The van der Waals surface area contributed by atoms with Gasteiger partial charge in [0.05, 0.1) is 12.0 Å². The molecule has 0 fully saturated rings. The molecule has 0 aliphatic heterocycles. The monoisotopic (exact) mass is 383 g/mol. The molecule has 1 N–H and O–H groups in total. The van der Waals surface area contributed by atoms with Crippen molar-refractivity contribution >= 4 is 31.9 Å². The van der Waals surface area contributed by atoms with Gasteiger partial charge in [-0.25, -0.2) is 13.2 Å². The van der Waals surface area contributed by atoms with Gasteiger partial charge < -0.3 is 10.1 Å². The van der Waals surface area contributed by atoms with E-state index >= 15 is 0 Å². The number of hydrogen-bond donors (Lipinski definition) is 1. The Bertz CT molecular complexity index is 745. The van der Waals surface area contributed by atoms with E-state index < -0.39 is 21.3 Å². The highest BCUT2D eigenvalue weighted by Gasteiger charge is 2.30. The summed E-state index contributed by atoms with van der Waals surface area (Å²) in [6.07, 6.45) is -0.813. The number of rotatable bonds is 4. The van der Waals surface area contributed by atoms with Crippen LogP contribution in [0.5, 0.6) is 0 Å². The molecular weight excluding hydrogens is 370 g/mol. The molecule has 0 radical (unpaired) electrons. The lowest BCUT2D eigenvalue weighted by Crippen LogP contribution is -2.33. The molecule has 7 heteroatoms. The number of hydrogen-bond acceptors (Lipinski definition) is 4. The molecule has 0 heterocycles. The second-order valence-electron chi connectivity index (χ2n) is 4.43. The van der Waals surface area contributed by atoms with Crippen LogP contribution < -0.4 is 5.32 Å². The Labute approximate surface area is 137 Å². The van der Waals surface area contributed by atoms with Crippen LogP contribution in [0, 0.1) is 0 Å². The number of amides is 1. The minimum atomic E-state index is -3.80. The average molecular weight is 384 g/mol. The van der Waals surface area contributed by atoms with E-state index in [4.69, 9.17) is 0 Å². The van der Waals surface area contributed by atoms with Gasteiger partial charge in [-0.15, -0.1) is 0 Å². The predicted octanol–water partition coefficient (Wildman–Crippen LogP) is 3.28. The van der Waals surface area contributed by atoms with Gasteiger partial charge in [0.15, 0.2) is 5.37 Å². The summed E-state index contributed by atoms with van der Waals surface area (Å²) in [5.41, 5.74) is 0.442. The summed E-state index contributed by atoms with van der Waals surface area (Å²) in [6, 6.07) is 14.6. The number of carbonyl (C=O) groups is 1. The zero-order valence-corrected chi connectivity index (χ0v) is 14.1. The SMILES string of the molecule is COC(=O)NC(c1ccc(Br)cc1)S(=O)(=O)c1ccccc1. The number of halogens is 1. The molecular formula is C15H14BrNO4S. The first kappa shape index (κ1) is 16.5. The second-order valence-corrected chi connectivity index (χ2v) is 7.37. The van der Waals surface area contributed by atoms with E-state index in [1.165, 1.54) is 19.2 Å². The summed E-state index contributed by atoms with van der Waals surface area (Å²) in [7, 11) is -2.62. The van der Waals surface area contributed by atoms with Crippen molar-refractivity contribution in [3.05, 3.63) is 64.6 Å². The van der Waals surface area contributed by atoms with Crippen LogP contribution >= 0.6 is 15.9 Å². The van der Waals surface area contributed by atoms with Gasteiger partial charge in [-0.2, -0.15) is 0 Å². The Morgan fingerprint density at radius 2 is 1.68 bits per heavy atom. The maximum Gasteiger partial charge on any atom is 0.408 e. The van der Waals surface area contributed by atoms with Crippen molar-refractivity contribution in [2.24, 2.45) is 0 Å². The third kappa shape index (κ3) is 3.66. The quantitative estimate of drug-likeness (QED) is 0.878. The van der Waals surface area contributed by atoms with Gasteiger partial charge in [-0.05, 0) is 29.8 Å². The van der Waals surface area contributed by atoms with E-state index in [2.05, 4.69) is 26.0 Å². The van der Waals surface area contributed by atoms with Crippen molar-refractivity contribution in [1.82, 2.24) is 5.32 Å². The van der Waals surface area contributed by atoms with Gasteiger partial charge in [0.2, 0.25) is 9.84 Å². The Hall–Kier alpha value is -1.86. The van der Waals surface area contributed by atoms with Crippen molar-refractivity contribution in [3.63, 3.8) is 0 Å². The Morgan fingerprint density at radius 1 is 1.09 bits per heavy atom. The highest BCUT2D eigenvalue weighted by molar-refractivity contribution is 9.10. The molecule has 116 valence electrons. The maximum absolute atomic E-state index is 12.8. The second kappa shape index (κ2) is 6.93. The number of sulfone groups is 1. The fourth-order valence-electron chi connectivity index (χ4n) is 1.89. The summed E-state index contributed by atoms with van der Waals surface area (Å²) < 4.78 is 30.9. The largest absolute Gasteiger partial charge is 0.453 e. The van der Waals surface area contributed by atoms with Gasteiger partial charge in [0.25, 0.3) is 0 Å². The normalized spacial score (nSPS) is 12.5. The lowest BCUT2D eigenvalue weighted by Gasteiger charge is -2.19. The standard InChI is InChI=1S/C15H14BrNO4S/c1-21-15(18)17-14(11-7-9-12(16)10-8-11)22(19,20)13-5-3-2-4-6-13/h2-10,14H,1H3,(H,17,18). The fraction of sp³-hybridized carbons (Fsp3) is 0.133. The minimum absolute atomic E-state index is 0.124. The molecule has 0 saturated heterocycles. The van der Waals surface area contributed by atoms with Crippen molar-refractivity contribution in [3.8, 4) is 0 Å². The van der Waals surface area contributed by atoms with E-state index in [0.717, 1.165) is 4.47 Å². The van der Waals surface area contributed by atoms with E-state index in [0.29, 0.717) is 5.56 Å². The molecule has 2 rings (SSSR count). The van der Waals surface area contributed by atoms with Gasteiger partial charge in [0, 0.05) is 4.47 Å². The molecule has 0 aliphatic carbocycles. The number of methoxy groups -OCH3 is 1. The number of alkyl carbamates (subject to hydrolysis) is 1. The Balaban J connectivity index is 2.48. The Kier molecular flexibility index (Phi) is 5.20. The van der Waals surface area contributed by atoms with Crippen LogP contribution in [0.25, 0.3) is 0 Å². The predicted molar refractivity (Wildman–Crippen MR) is 86.1 cm³/mol. The molecule has 0 bridgehead atoms. The lowest BCUT2D eigenvalue weighted by atomic mass is 10.2. The maximum atomic E-state index is 12.8. The van der Waals surface area contributed by atoms with Crippen molar-refractivity contribution in [2.75, 3.05) is 7.11 Å². The molecule has 1 atom stereocenters. The summed E-state index contributed by atoms with van der Waals surface area (Å²) >= 11 is 3.29. The number of ether oxygens (including phenoxy) is 1. The van der Waals surface area contributed by atoms with E-state index in [1.807, 2.05) is 0 Å². The number of carbonyl (C=O) groups excluding carboxylic acids is 1. The van der Waals surface area contributed by atoms with Gasteiger partial charge in [-0.3, -0.25) is 0 Å². The molecule has 2 aromatic carbocycles. The highest BCUT2D eigenvalue weighted by Crippen LogP contribution is 2.27. The molecule has 1 amide bonds. The van der Waals surface area contributed by atoms with Gasteiger partial charge in [0.1, 0.15) is 0 Å². The van der Waals surface area contributed by atoms with Crippen LogP contribution in [-0.2, 0) is 14.6 Å². The summed E-state index contributed by atoms with van der Waals surface area (Å²) in [5, 5.41) is 1.15. The molecule has 0 aromatic heterocycles. The molecule has 22 heavy (non-hydrogen) atoms. The van der Waals surface area contributed by atoms with E-state index in [1.54, 1.807) is 42.5 Å². The molecule has 0 spiro atoms. The molecule has 2 aromatic rings. The van der Waals surface area contributed by atoms with Crippen molar-refractivity contribution in [2.45, 2.75) is 10.3 Å². The molecule has 5 nitrogen and oxygen atoms in total. The molecule has 1 unspecified atom stereocenters. The topological polar surface area (TPSA) is 72.5 Å². The zero-order chi connectivity index (χ0) is 16.2. The Morgan fingerprint density at radius 3 is 2.23 bits per heavy atom. The summed E-state index contributed by atoms with van der Waals surface area (Å²) in [5.74, 6) is 0. The van der Waals surface area contributed by atoms with Crippen LogP contribution in [0.1, 0.15) is 10.9 Å². The van der Waals surface area contributed by atoms with Crippen LogP contribution in [-0.4, -0.2) is 21.6 Å². The van der Waals surface area contributed by atoms with Crippen LogP contribution in [0.15, 0.2) is 64.0 Å². The van der Waals surface area contributed by atoms with Crippen molar-refractivity contribution in [1.29, 1.82) is 0 Å². The van der Waals surface area contributed by atoms with Crippen LogP contribution in [0.3, 0.4) is 0 Å². The first-order valence-corrected chi connectivity index (χ1v) is 8.68. The number of benzene rings is 2. The first-order chi connectivity index (χ1) is 10.4. The third-order valence-corrected chi connectivity index (χ3v) is 5.46.